The summed E-state index contributed by atoms with van der Waals surface area (Å²) in [7, 11) is 0. The summed E-state index contributed by atoms with van der Waals surface area (Å²) in [5.74, 6) is 0. The Labute approximate surface area is 109 Å². The van der Waals surface area contributed by atoms with Gasteiger partial charge < -0.3 is 5.73 Å². The van der Waals surface area contributed by atoms with Gasteiger partial charge in [0.2, 0.25) is 0 Å². The average Bonchev–Trinajstić information content (AvgIpc) is 2.81. The smallest absolute Gasteiger partial charge is 0.153 e. The lowest BCUT2D eigenvalue weighted by Crippen LogP contribution is -1.95. The third-order valence-corrected chi connectivity index (χ3v) is 2.97. The van der Waals surface area contributed by atoms with Crippen molar-refractivity contribution in [2.24, 2.45) is 5.73 Å². The van der Waals surface area contributed by atoms with Crippen molar-refractivity contribution >= 4 is 17.2 Å². The monoisotopic (exact) mass is 258 g/mol. The van der Waals surface area contributed by atoms with Gasteiger partial charge in [-0.25, -0.2) is 9.50 Å². The fourth-order valence-corrected chi connectivity index (χ4v) is 1.93. The molecule has 0 fully saturated rings. The van der Waals surface area contributed by atoms with Gasteiger partial charge >= 0.3 is 0 Å². The van der Waals surface area contributed by atoms with Gasteiger partial charge in [-0.3, -0.25) is 0 Å². The molecule has 0 spiro atoms. The molecule has 0 saturated heterocycles. The average molecular weight is 259 g/mol. The molecule has 5 heteroatoms. The summed E-state index contributed by atoms with van der Waals surface area (Å²) >= 11 is 5.87. The number of nitrogens with zero attached hydrogens (tertiary/aromatic N) is 3. The Kier molecular flexibility index (Phi) is 2.74. The van der Waals surface area contributed by atoms with E-state index in [0.717, 1.165) is 22.6 Å². The number of rotatable bonds is 2. The highest BCUT2D eigenvalue weighted by molar-refractivity contribution is 6.30. The fraction of sp³-hybridized carbons (Fsp3) is 0.0769. The van der Waals surface area contributed by atoms with E-state index in [2.05, 4.69) is 10.1 Å². The lowest BCUT2D eigenvalue weighted by atomic mass is 10.1. The maximum absolute atomic E-state index is 5.87. The summed E-state index contributed by atoms with van der Waals surface area (Å²) in [6.45, 7) is 0.416. The molecule has 0 bridgehead atoms. The Morgan fingerprint density at radius 2 is 1.89 bits per heavy atom. The summed E-state index contributed by atoms with van der Waals surface area (Å²) < 4.78 is 1.74. The molecule has 2 aromatic heterocycles. The molecule has 0 aliphatic heterocycles. The van der Waals surface area contributed by atoms with Crippen molar-refractivity contribution in [2.75, 3.05) is 0 Å². The van der Waals surface area contributed by atoms with Crippen molar-refractivity contribution in [3.8, 4) is 11.3 Å². The van der Waals surface area contributed by atoms with Gasteiger partial charge in [-0.2, -0.15) is 5.10 Å². The number of fused-ring (bicyclic) bond motifs is 1. The summed E-state index contributed by atoms with van der Waals surface area (Å²) in [6, 6.07) is 11.4. The lowest BCUT2D eigenvalue weighted by Gasteiger charge is -2.01. The van der Waals surface area contributed by atoms with Crippen LogP contribution >= 0.6 is 11.6 Å². The second-order valence-electron chi connectivity index (χ2n) is 3.96. The molecule has 1 aromatic carbocycles. The van der Waals surface area contributed by atoms with Crippen LogP contribution in [0.3, 0.4) is 0 Å². The molecule has 0 radical (unpaired) electrons. The SMILES string of the molecule is NCc1cn2nc(-c3ccc(Cl)cc3)ccc2n1. The zero-order valence-corrected chi connectivity index (χ0v) is 10.3. The first-order valence-electron chi connectivity index (χ1n) is 5.57. The maximum atomic E-state index is 5.87. The predicted octanol–water partition coefficient (Wildman–Crippen LogP) is 2.51. The van der Waals surface area contributed by atoms with Crippen molar-refractivity contribution in [2.45, 2.75) is 6.54 Å². The van der Waals surface area contributed by atoms with Crippen LogP contribution in [0, 0.1) is 0 Å². The summed E-state index contributed by atoms with van der Waals surface area (Å²) in [5, 5.41) is 5.21. The Bertz CT molecular complexity index is 688. The van der Waals surface area contributed by atoms with E-state index in [-0.39, 0.29) is 0 Å². The van der Waals surface area contributed by atoms with Gasteiger partial charge in [-0.1, -0.05) is 23.7 Å². The second-order valence-corrected chi connectivity index (χ2v) is 4.40. The molecule has 4 nitrogen and oxygen atoms in total. The molecule has 0 atom stereocenters. The van der Waals surface area contributed by atoms with Crippen molar-refractivity contribution in [1.82, 2.24) is 14.6 Å². The van der Waals surface area contributed by atoms with Crippen LogP contribution in [0.2, 0.25) is 5.02 Å². The highest BCUT2D eigenvalue weighted by atomic mass is 35.5. The van der Waals surface area contributed by atoms with E-state index in [1.807, 2.05) is 42.6 Å². The Morgan fingerprint density at radius 3 is 2.61 bits per heavy atom. The molecule has 0 amide bonds. The largest absolute Gasteiger partial charge is 0.325 e. The molecule has 0 aliphatic rings. The predicted molar refractivity (Wildman–Crippen MR) is 71.3 cm³/mol. The molecule has 3 rings (SSSR count). The number of hydrogen-bond acceptors (Lipinski definition) is 3. The van der Waals surface area contributed by atoms with Crippen molar-refractivity contribution < 1.29 is 0 Å². The molecule has 0 aliphatic carbocycles. The van der Waals surface area contributed by atoms with Gasteiger partial charge in [0.1, 0.15) is 0 Å². The van der Waals surface area contributed by atoms with Gasteiger partial charge in [0.15, 0.2) is 5.65 Å². The van der Waals surface area contributed by atoms with Gasteiger partial charge in [-0.15, -0.1) is 0 Å². The normalized spacial score (nSPS) is 11.0. The van der Waals surface area contributed by atoms with Crippen LogP contribution in [-0.2, 0) is 6.54 Å². The molecule has 3 aromatic rings. The lowest BCUT2D eigenvalue weighted by molar-refractivity contribution is 0.934. The van der Waals surface area contributed by atoms with E-state index in [1.54, 1.807) is 4.52 Å². The Balaban J connectivity index is 2.09. The van der Waals surface area contributed by atoms with Crippen LogP contribution in [0.1, 0.15) is 5.69 Å². The third kappa shape index (κ3) is 1.96. The quantitative estimate of drug-likeness (QED) is 0.768. The number of benzene rings is 1. The first-order valence-corrected chi connectivity index (χ1v) is 5.95. The maximum Gasteiger partial charge on any atom is 0.153 e. The Morgan fingerprint density at radius 1 is 1.11 bits per heavy atom. The van der Waals surface area contributed by atoms with Gasteiger partial charge in [-0.05, 0) is 24.3 Å². The summed E-state index contributed by atoms with van der Waals surface area (Å²) in [4.78, 5) is 4.33. The van der Waals surface area contributed by atoms with Crippen LogP contribution in [-0.4, -0.2) is 14.6 Å². The second kappa shape index (κ2) is 4.40. The van der Waals surface area contributed by atoms with Crippen LogP contribution in [0.5, 0.6) is 0 Å². The van der Waals surface area contributed by atoms with E-state index in [4.69, 9.17) is 17.3 Å². The number of hydrogen-bond donors (Lipinski definition) is 1. The zero-order valence-electron chi connectivity index (χ0n) is 9.55. The molecule has 2 N–H and O–H groups in total. The molecule has 0 unspecified atom stereocenters. The number of imidazole rings is 1. The first kappa shape index (κ1) is 11.2. The number of nitrogens with two attached hydrogens (primary N) is 1. The zero-order chi connectivity index (χ0) is 12.5. The van der Waals surface area contributed by atoms with Crippen molar-refractivity contribution in [1.29, 1.82) is 0 Å². The number of halogens is 1. The standard InChI is InChI=1S/C13H11ClN4/c14-10-3-1-9(2-4-10)12-5-6-13-16-11(7-15)8-18(13)17-12/h1-6,8H,7,15H2. The van der Waals surface area contributed by atoms with Crippen LogP contribution in [0.4, 0.5) is 0 Å². The minimum atomic E-state index is 0.416. The minimum absolute atomic E-state index is 0.416. The van der Waals surface area contributed by atoms with Gasteiger partial charge in [0, 0.05) is 17.1 Å². The van der Waals surface area contributed by atoms with Gasteiger partial charge in [0.05, 0.1) is 17.6 Å². The van der Waals surface area contributed by atoms with E-state index >= 15 is 0 Å². The van der Waals surface area contributed by atoms with Crippen LogP contribution in [0.15, 0.2) is 42.6 Å². The van der Waals surface area contributed by atoms with E-state index in [9.17, 15) is 0 Å². The summed E-state index contributed by atoms with van der Waals surface area (Å²) in [5.41, 5.74) is 9.08. The molecule has 0 saturated carbocycles. The molecule has 2 heterocycles. The van der Waals surface area contributed by atoms with E-state index in [0.29, 0.717) is 11.6 Å². The highest BCUT2D eigenvalue weighted by Gasteiger charge is 2.04. The minimum Gasteiger partial charge on any atom is -0.325 e. The van der Waals surface area contributed by atoms with Crippen LogP contribution < -0.4 is 5.73 Å². The topological polar surface area (TPSA) is 56.2 Å². The highest BCUT2D eigenvalue weighted by Crippen LogP contribution is 2.19. The van der Waals surface area contributed by atoms with Gasteiger partial charge in [0.25, 0.3) is 0 Å². The number of aromatic nitrogens is 3. The molecule has 90 valence electrons. The van der Waals surface area contributed by atoms with Crippen molar-refractivity contribution in [3.05, 3.63) is 53.3 Å². The molecular weight excluding hydrogens is 248 g/mol. The first-order chi connectivity index (χ1) is 8.76. The van der Waals surface area contributed by atoms with Crippen LogP contribution in [0.25, 0.3) is 16.9 Å². The fourth-order valence-electron chi connectivity index (χ4n) is 1.80. The van der Waals surface area contributed by atoms with Crippen molar-refractivity contribution in [3.63, 3.8) is 0 Å². The molecule has 18 heavy (non-hydrogen) atoms. The third-order valence-electron chi connectivity index (χ3n) is 2.72. The van der Waals surface area contributed by atoms with E-state index < -0.39 is 0 Å². The van der Waals surface area contributed by atoms with E-state index in [1.165, 1.54) is 0 Å². The Hall–Kier alpha value is -1.91. The molecular formula is C13H11ClN4. The summed E-state index contributed by atoms with van der Waals surface area (Å²) in [6.07, 6.45) is 1.84.